The Morgan fingerprint density at radius 2 is 1.63 bits per heavy atom. The second kappa shape index (κ2) is 8.91. The third-order valence-corrected chi connectivity index (χ3v) is 4.91. The summed E-state index contributed by atoms with van der Waals surface area (Å²) in [7, 11) is 0. The van der Waals surface area contributed by atoms with Crippen molar-refractivity contribution in [3.05, 3.63) is 30.3 Å². The SMILES string of the molecule is CC(C)OC(=O)NN(CC1(C)ON(c2ccccc2)C(=O)C1(C)C)C(=O)OC(C)C. The molecule has 3 amide bonds. The van der Waals surface area contributed by atoms with Gasteiger partial charge in [0.25, 0.3) is 5.91 Å². The topological polar surface area (TPSA) is 97.4 Å². The number of para-hydroxylation sites is 1. The molecule has 1 unspecified atom stereocenters. The van der Waals surface area contributed by atoms with Gasteiger partial charge in [0.1, 0.15) is 5.60 Å². The van der Waals surface area contributed by atoms with Gasteiger partial charge in [-0.15, -0.1) is 0 Å². The van der Waals surface area contributed by atoms with Gasteiger partial charge in [0.05, 0.1) is 29.9 Å². The number of hydrazine groups is 1. The fourth-order valence-electron chi connectivity index (χ4n) is 2.86. The molecule has 0 radical (unpaired) electrons. The number of hydrogen-bond donors (Lipinski definition) is 1. The third kappa shape index (κ3) is 5.02. The second-order valence-corrected chi connectivity index (χ2v) is 8.47. The smallest absolute Gasteiger partial charge is 0.429 e. The van der Waals surface area contributed by atoms with Crippen molar-refractivity contribution in [1.29, 1.82) is 0 Å². The Kier molecular flexibility index (Phi) is 6.97. The second-order valence-electron chi connectivity index (χ2n) is 8.47. The van der Waals surface area contributed by atoms with Gasteiger partial charge < -0.3 is 9.47 Å². The minimum absolute atomic E-state index is 0.145. The number of rotatable bonds is 5. The molecule has 9 nitrogen and oxygen atoms in total. The Hall–Kier alpha value is -2.81. The first-order chi connectivity index (χ1) is 13.9. The van der Waals surface area contributed by atoms with Crippen LogP contribution in [-0.4, -0.2) is 47.5 Å². The summed E-state index contributed by atoms with van der Waals surface area (Å²) in [5.74, 6) is -0.266. The Labute approximate surface area is 177 Å². The molecule has 1 aliphatic rings. The Morgan fingerprint density at radius 1 is 1.07 bits per heavy atom. The first kappa shape index (κ1) is 23.5. The number of anilines is 1. The van der Waals surface area contributed by atoms with E-state index in [0.717, 1.165) is 5.01 Å². The molecule has 0 saturated carbocycles. The average molecular weight is 421 g/mol. The predicted molar refractivity (Wildman–Crippen MR) is 110 cm³/mol. The molecule has 0 bridgehead atoms. The van der Waals surface area contributed by atoms with Gasteiger partial charge in [-0.05, 0) is 60.6 Å². The molecular weight excluding hydrogens is 390 g/mol. The van der Waals surface area contributed by atoms with Crippen molar-refractivity contribution in [1.82, 2.24) is 10.4 Å². The maximum atomic E-state index is 13.1. The van der Waals surface area contributed by atoms with E-state index in [1.54, 1.807) is 72.7 Å². The van der Waals surface area contributed by atoms with E-state index in [-0.39, 0.29) is 18.6 Å². The van der Waals surface area contributed by atoms with E-state index in [9.17, 15) is 14.4 Å². The van der Waals surface area contributed by atoms with Crippen LogP contribution in [0.1, 0.15) is 48.5 Å². The highest BCUT2D eigenvalue weighted by molar-refractivity contribution is 5.98. The molecule has 1 fully saturated rings. The first-order valence-corrected chi connectivity index (χ1v) is 9.91. The van der Waals surface area contributed by atoms with Gasteiger partial charge in [0.15, 0.2) is 0 Å². The van der Waals surface area contributed by atoms with Gasteiger partial charge in [0.2, 0.25) is 0 Å². The van der Waals surface area contributed by atoms with Crippen molar-refractivity contribution in [2.45, 2.75) is 66.3 Å². The Balaban J connectivity index is 2.30. The molecule has 166 valence electrons. The number of nitrogens with one attached hydrogen (secondary N) is 1. The van der Waals surface area contributed by atoms with Crippen molar-refractivity contribution in [2.24, 2.45) is 5.41 Å². The standard InChI is InChI=1S/C21H31N3O6/c1-14(2)28-18(26)22-23(19(27)29-15(3)4)13-21(7)20(5,6)17(25)24(30-21)16-11-9-8-10-12-16/h8-12,14-15H,13H2,1-7H3,(H,22,26). The largest absolute Gasteiger partial charge is 0.446 e. The van der Waals surface area contributed by atoms with Crippen molar-refractivity contribution in [2.75, 3.05) is 11.6 Å². The van der Waals surface area contributed by atoms with Crippen LogP contribution in [0.15, 0.2) is 30.3 Å². The summed E-state index contributed by atoms with van der Waals surface area (Å²) < 4.78 is 10.3. The van der Waals surface area contributed by atoms with Gasteiger partial charge in [-0.3, -0.25) is 9.63 Å². The van der Waals surface area contributed by atoms with Crippen LogP contribution >= 0.6 is 0 Å². The van der Waals surface area contributed by atoms with Crippen LogP contribution < -0.4 is 10.5 Å². The molecular formula is C21H31N3O6. The molecule has 1 atom stereocenters. The number of nitrogens with zero attached hydrogens (tertiary/aromatic N) is 2. The van der Waals surface area contributed by atoms with E-state index in [2.05, 4.69) is 5.43 Å². The molecule has 1 aliphatic heterocycles. The Morgan fingerprint density at radius 3 is 2.17 bits per heavy atom. The van der Waals surface area contributed by atoms with E-state index in [4.69, 9.17) is 14.3 Å². The number of benzene rings is 1. The number of amides is 3. The summed E-state index contributed by atoms with van der Waals surface area (Å²) >= 11 is 0. The lowest BCUT2D eigenvalue weighted by Gasteiger charge is -2.37. The van der Waals surface area contributed by atoms with Crippen molar-refractivity contribution in [3.8, 4) is 0 Å². The molecule has 1 N–H and O–H groups in total. The monoisotopic (exact) mass is 421 g/mol. The van der Waals surface area contributed by atoms with Crippen molar-refractivity contribution in [3.63, 3.8) is 0 Å². The molecule has 1 aromatic carbocycles. The minimum atomic E-state index is -1.17. The van der Waals surface area contributed by atoms with Crippen LogP contribution in [0.3, 0.4) is 0 Å². The summed E-state index contributed by atoms with van der Waals surface area (Å²) in [6, 6.07) is 8.93. The predicted octanol–water partition coefficient (Wildman–Crippen LogP) is 3.65. The summed E-state index contributed by atoms with van der Waals surface area (Å²) in [4.78, 5) is 43.9. The van der Waals surface area contributed by atoms with E-state index in [0.29, 0.717) is 5.69 Å². The van der Waals surface area contributed by atoms with Crippen LogP contribution in [0.5, 0.6) is 0 Å². The zero-order valence-electron chi connectivity index (χ0n) is 18.6. The molecule has 2 rings (SSSR count). The number of carbonyl (C=O) groups is 3. The van der Waals surface area contributed by atoms with Crippen LogP contribution in [0.2, 0.25) is 0 Å². The molecule has 1 saturated heterocycles. The normalized spacial score (nSPS) is 20.4. The molecule has 1 aromatic rings. The van der Waals surface area contributed by atoms with E-state index < -0.39 is 29.3 Å². The maximum Gasteiger partial charge on any atom is 0.429 e. The third-order valence-electron chi connectivity index (χ3n) is 4.91. The molecule has 0 aromatic heterocycles. The molecule has 0 aliphatic carbocycles. The van der Waals surface area contributed by atoms with Gasteiger partial charge in [-0.25, -0.2) is 20.0 Å². The molecule has 30 heavy (non-hydrogen) atoms. The number of hydroxylamine groups is 1. The van der Waals surface area contributed by atoms with E-state index in [1.165, 1.54) is 5.06 Å². The van der Waals surface area contributed by atoms with E-state index >= 15 is 0 Å². The Bertz CT molecular complexity index is 780. The fraction of sp³-hybridized carbons (Fsp3) is 0.571. The quantitative estimate of drug-likeness (QED) is 0.729. The molecule has 0 spiro atoms. The van der Waals surface area contributed by atoms with Crippen LogP contribution in [0, 0.1) is 5.41 Å². The first-order valence-electron chi connectivity index (χ1n) is 9.91. The lowest BCUT2D eigenvalue weighted by Crippen LogP contribution is -2.57. The van der Waals surface area contributed by atoms with Gasteiger partial charge in [0, 0.05) is 0 Å². The van der Waals surface area contributed by atoms with Gasteiger partial charge in [-0.1, -0.05) is 18.2 Å². The minimum Gasteiger partial charge on any atom is -0.446 e. The summed E-state index contributed by atoms with van der Waals surface area (Å²) in [5, 5.41) is 2.20. The summed E-state index contributed by atoms with van der Waals surface area (Å²) in [6.07, 6.45) is -2.37. The van der Waals surface area contributed by atoms with Gasteiger partial charge >= 0.3 is 12.2 Å². The van der Waals surface area contributed by atoms with Crippen LogP contribution in [-0.2, 0) is 19.1 Å². The highest BCUT2D eigenvalue weighted by Crippen LogP contribution is 2.45. The van der Waals surface area contributed by atoms with Crippen LogP contribution in [0.25, 0.3) is 0 Å². The lowest BCUT2D eigenvalue weighted by atomic mass is 9.76. The highest BCUT2D eigenvalue weighted by Gasteiger charge is 2.59. The zero-order chi connectivity index (χ0) is 22.7. The molecule has 9 heteroatoms. The van der Waals surface area contributed by atoms with Crippen molar-refractivity contribution < 1.29 is 28.7 Å². The zero-order valence-corrected chi connectivity index (χ0v) is 18.6. The van der Waals surface area contributed by atoms with Crippen LogP contribution in [0.4, 0.5) is 15.3 Å². The maximum absolute atomic E-state index is 13.1. The highest BCUT2D eigenvalue weighted by atomic mass is 16.7. The summed E-state index contributed by atoms with van der Waals surface area (Å²) in [5.41, 5.74) is 0.796. The summed E-state index contributed by atoms with van der Waals surface area (Å²) in [6.45, 7) is 11.8. The lowest BCUT2D eigenvalue weighted by molar-refractivity contribution is -0.125. The fourth-order valence-corrected chi connectivity index (χ4v) is 2.86. The average Bonchev–Trinajstić information content (AvgIpc) is 2.81. The number of carbonyl (C=O) groups excluding carboxylic acids is 3. The number of ether oxygens (including phenoxy) is 2. The van der Waals surface area contributed by atoms with Crippen molar-refractivity contribution >= 4 is 23.8 Å². The molecule has 1 heterocycles. The van der Waals surface area contributed by atoms with E-state index in [1.807, 2.05) is 6.07 Å². The number of hydrogen-bond acceptors (Lipinski definition) is 6. The van der Waals surface area contributed by atoms with Gasteiger partial charge in [-0.2, -0.15) is 5.06 Å².